The second-order valence-corrected chi connectivity index (χ2v) is 4.68. The Bertz CT molecular complexity index is 542. The predicted octanol–water partition coefficient (Wildman–Crippen LogP) is 3.00. The second kappa shape index (κ2) is 5.42. The molecular weight excluding hydrogens is 271 g/mol. The van der Waals surface area contributed by atoms with Crippen molar-refractivity contribution >= 4 is 34.7 Å². The fraction of sp³-hybridized carbons (Fsp3) is 0.167. The Morgan fingerprint density at radius 3 is 2.56 bits per heavy atom. The summed E-state index contributed by atoms with van der Waals surface area (Å²) in [6.07, 6.45) is 1.50. The monoisotopic (exact) mass is 282 g/mol. The summed E-state index contributed by atoms with van der Waals surface area (Å²) in [4.78, 5) is 9.85. The molecule has 94 valence electrons. The maximum Gasteiger partial charge on any atom is 0.224 e. The van der Waals surface area contributed by atoms with Gasteiger partial charge in [-0.3, -0.25) is 0 Å². The Hall–Kier alpha value is -1.52. The van der Waals surface area contributed by atoms with Gasteiger partial charge in [-0.05, 0) is 29.3 Å². The number of benzene rings is 1. The van der Waals surface area contributed by atoms with Gasteiger partial charge in [0.2, 0.25) is 5.28 Å². The highest BCUT2D eigenvalue weighted by atomic mass is 35.5. The van der Waals surface area contributed by atoms with Gasteiger partial charge in [0.05, 0.1) is 11.9 Å². The number of aromatic nitrogens is 2. The van der Waals surface area contributed by atoms with Crippen LogP contribution >= 0.6 is 23.2 Å². The highest BCUT2D eigenvalue weighted by molar-refractivity contribution is 6.30. The van der Waals surface area contributed by atoms with Crippen LogP contribution in [-0.4, -0.2) is 17.0 Å². The molecule has 0 saturated carbocycles. The van der Waals surface area contributed by atoms with E-state index in [0.29, 0.717) is 23.1 Å². The highest BCUT2D eigenvalue weighted by Gasteiger charge is 2.09. The summed E-state index contributed by atoms with van der Waals surface area (Å²) in [7, 11) is 1.89. The number of anilines is 2. The molecule has 0 saturated heterocycles. The smallest absolute Gasteiger partial charge is 0.224 e. The summed E-state index contributed by atoms with van der Waals surface area (Å²) in [6, 6.07) is 7.61. The van der Waals surface area contributed by atoms with Crippen LogP contribution in [-0.2, 0) is 6.54 Å². The quantitative estimate of drug-likeness (QED) is 0.880. The predicted molar refractivity (Wildman–Crippen MR) is 75.0 cm³/mol. The Morgan fingerprint density at radius 2 is 1.89 bits per heavy atom. The van der Waals surface area contributed by atoms with Gasteiger partial charge in [0.15, 0.2) is 5.82 Å². The number of rotatable bonds is 3. The third kappa shape index (κ3) is 3.03. The summed E-state index contributed by atoms with van der Waals surface area (Å²) >= 11 is 11.6. The first-order valence-electron chi connectivity index (χ1n) is 5.30. The fourth-order valence-corrected chi connectivity index (χ4v) is 1.86. The lowest BCUT2D eigenvalue weighted by Crippen LogP contribution is -2.19. The normalized spacial score (nSPS) is 10.4. The van der Waals surface area contributed by atoms with Crippen LogP contribution in [0.2, 0.25) is 10.3 Å². The van der Waals surface area contributed by atoms with Crippen molar-refractivity contribution in [2.45, 2.75) is 6.54 Å². The SMILES string of the molecule is CN(Cc1ccc(Cl)cc1)c1nc(Cl)ncc1N. The zero-order valence-corrected chi connectivity index (χ0v) is 11.3. The maximum absolute atomic E-state index is 5.84. The minimum absolute atomic E-state index is 0.183. The van der Waals surface area contributed by atoms with E-state index >= 15 is 0 Å². The zero-order chi connectivity index (χ0) is 13.1. The maximum atomic E-state index is 5.84. The van der Waals surface area contributed by atoms with Crippen LogP contribution in [0.5, 0.6) is 0 Å². The minimum atomic E-state index is 0.183. The van der Waals surface area contributed by atoms with E-state index in [1.807, 2.05) is 36.2 Å². The van der Waals surface area contributed by atoms with Gasteiger partial charge < -0.3 is 10.6 Å². The van der Waals surface area contributed by atoms with E-state index in [1.54, 1.807) is 0 Å². The van der Waals surface area contributed by atoms with Crippen molar-refractivity contribution in [3.63, 3.8) is 0 Å². The lowest BCUT2D eigenvalue weighted by Gasteiger charge is -2.19. The number of nitrogen functional groups attached to an aromatic ring is 1. The molecule has 1 aromatic carbocycles. The lowest BCUT2D eigenvalue weighted by molar-refractivity contribution is 0.894. The Kier molecular flexibility index (Phi) is 3.89. The van der Waals surface area contributed by atoms with Crippen LogP contribution in [0.3, 0.4) is 0 Å². The third-order valence-corrected chi connectivity index (χ3v) is 2.90. The lowest BCUT2D eigenvalue weighted by atomic mass is 10.2. The molecule has 0 fully saturated rings. The van der Waals surface area contributed by atoms with Crippen LogP contribution in [0, 0.1) is 0 Å². The number of nitrogens with two attached hydrogens (primary N) is 1. The molecule has 0 spiro atoms. The molecule has 0 atom stereocenters. The molecule has 0 unspecified atom stereocenters. The first kappa shape index (κ1) is 12.9. The largest absolute Gasteiger partial charge is 0.394 e. The van der Waals surface area contributed by atoms with E-state index in [4.69, 9.17) is 28.9 Å². The second-order valence-electron chi connectivity index (χ2n) is 3.90. The molecule has 2 aromatic rings. The van der Waals surface area contributed by atoms with Gasteiger partial charge in [0.25, 0.3) is 0 Å². The average molecular weight is 283 g/mol. The Balaban J connectivity index is 2.18. The first-order valence-corrected chi connectivity index (χ1v) is 6.05. The van der Waals surface area contributed by atoms with Gasteiger partial charge >= 0.3 is 0 Å². The number of hydrogen-bond donors (Lipinski definition) is 1. The van der Waals surface area contributed by atoms with E-state index in [-0.39, 0.29) is 5.28 Å². The van der Waals surface area contributed by atoms with Gasteiger partial charge in [-0.25, -0.2) is 4.98 Å². The molecule has 4 nitrogen and oxygen atoms in total. The van der Waals surface area contributed by atoms with E-state index in [1.165, 1.54) is 6.20 Å². The van der Waals surface area contributed by atoms with Crippen LogP contribution in [0.25, 0.3) is 0 Å². The summed E-state index contributed by atoms with van der Waals surface area (Å²) in [5.41, 5.74) is 7.43. The highest BCUT2D eigenvalue weighted by Crippen LogP contribution is 2.21. The topological polar surface area (TPSA) is 55.0 Å². The number of nitrogens with zero attached hydrogens (tertiary/aromatic N) is 3. The van der Waals surface area contributed by atoms with Gasteiger partial charge in [-0.15, -0.1) is 0 Å². The molecule has 0 radical (unpaired) electrons. The van der Waals surface area contributed by atoms with Crippen LogP contribution in [0.4, 0.5) is 11.5 Å². The van der Waals surface area contributed by atoms with E-state index in [0.717, 1.165) is 5.56 Å². The molecule has 2 N–H and O–H groups in total. The Labute approximate surface area is 115 Å². The zero-order valence-electron chi connectivity index (χ0n) is 9.77. The molecule has 2 rings (SSSR count). The van der Waals surface area contributed by atoms with Gasteiger partial charge in [0, 0.05) is 18.6 Å². The molecule has 0 amide bonds. The van der Waals surface area contributed by atoms with Crippen molar-refractivity contribution in [1.29, 1.82) is 0 Å². The fourth-order valence-electron chi connectivity index (χ4n) is 1.61. The van der Waals surface area contributed by atoms with E-state index in [2.05, 4.69) is 9.97 Å². The van der Waals surface area contributed by atoms with Crippen molar-refractivity contribution in [2.24, 2.45) is 0 Å². The third-order valence-electron chi connectivity index (χ3n) is 2.46. The summed E-state index contributed by atoms with van der Waals surface area (Å²) < 4.78 is 0. The van der Waals surface area contributed by atoms with Crippen molar-refractivity contribution in [1.82, 2.24) is 9.97 Å². The standard InChI is InChI=1S/C12H12Cl2N4/c1-18(7-8-2-4-9(13)5-3-8)11-10(15)6-16-12(14)17-11/h2-6H,7,15H2,1H3. The molecular formula is C12H12Cl2N4. The average Bonchev–Trinajstić information content (AvgIpc) is 2.35. The van der Waals surface area contributed by atoms with Crippen molar-refractivity contribution in [2.75, 3.05) is 17.7 Å². The van der Waals surface area contributed by atoms with Crippen LogP contribution < -0.4 is 10.6 Å². The number of halogens is 2. The first-order chi connectivity index (χ1) is 8.56. The molecule has 18 heavy (non-hydrogen) atoms. The van der Waals surface area contributed by atoms with Crippen LogP contribution in [0.15, 0.2) is 30.5 Å². The minimum Gasteiger partial charge on any atom is -0.394 e. The van der Waals surface area contributed by atoms with Gasteiger partial charge in [-0.1, -0.05) is 23.7 Å². The molecule has 0 aliphatic carbocycles. The molecule has 0 aliphatic heterocycles. The molecule has 0 bridgehead atoms. The van der Waals surface area contributed by atoms with Gasteiger partial charge in [0.1, 0.15) is 0 Å². The van der Waals surface area contributed by atoms with Crippen molar-refractivity contribution in [3.8, 4) is 0 Å². The van der Waals surface area contributed by atoms with Crippen molar-refractivity contribution < 1.29 is 0 Å². The summed E-state index contributed by atoms with van der Waals surface area (Å²) in [5, 5.41) is 0.896. The molecule has 0 aliphatic rings. The Morgan fingerprint density at radius 1 is 1.22 bits per heavy atom. The molecule has 1 aromatic heterocycles. The van der Waals surface area contributed by atoms with E-state index < -0.39 is 0 Å². The molecule has 6 heteroatoms. The van der Waals surface area contributed by atoms with Gasteiger partial charge in [-0.2, -0.15) is 4.98 Å². The van der Waals surface area contributed by atoms with Crippen molar-refractivity contribution in [3.05, 3.63) is 46.3 Å². The number of hydrogen-bond acceptors (Lipinski definition) is 4. The van der Waals surface area contributed by atoms with E-state index in [9.17, 15) is 0 Å². The summed E-state index contributed by atoms with van der Waals surface area (Å²) in [6.45, 7) is 0.661. The summed E-state index contributed by atoms with van der Waals surface area (Å²) in [5.74, 6) is 0.616. The van der Waals surface area contributed by atoms with Crippen LogP contribution in [0.1, 0.15) is 5.56 Å². The molecule has 1 heterocycles.